The second-order valence-electron chi connectivity index (χ2n) is 7.50. The molecule has 10 heteroatoms. The quantitative estimate of drug-likeness (QED) is 0.563. The van der Waals surface area contributed by atoms with E-state index >= 15 is 0 Å². The molecule has 0 radical (unpaired) electrons. The molecule has 0 spiro atoms. The highest BCUT2D eigenvalue weighted by molar-refractivity contribution is 8.16. The van der Waals surface area contributed by atoms with Gasteiger partial charge in [0.25, 0.3) is 5.91 Å². The van der Waals surface area contributed by atoms with Gasteiger partial charge in [-0.1, -0.05) is 18.2 Å². The zero-order valence-corrected chi connectivity index (χ0v) is 19.1. The summed E-state index contributed by atoms with van der Waals surface area (Å²) < 4.78 is 31.4. The summed E-state index contributed by atoms with van der Waals surface area (Å²) in [6.45, 7) is 6.99. The van der Waals surface area contributed by atoms with E-state index in [-0.39, 0.29) is 21.7 Å². The number of para-hydroxylation sites is 1. The molecule has 0 saturated carbocycles. The summed E-state index contributed by atoms with van der Waals surface area (Å²) in [4.78, 5) is 17.8. The molecular formula is C21H21N5O3S2. The Bertz CT molecular complexity index is 1300. The lowest BCUT2D eigenvalue weighted by molar-refractivity contribution is -0.114. The molecule has 0 saturated heterocycles. The van der Waals surface area contributed by atoms with Crippen LogP contribution in [0.2, 0.25) is 0 Å². The van der Waals surface area contributed by atoms with Gasteiger partial charge in [0.1, 0.15) is 5.84 Å². The Morgan fingerprint density at radius 1 is 1.16 bits per heavy atom. The lowest BCUT2D eigenvalue weighted by Crippen LogP contribution is -2.46. The van der Waals surface area contributed by atoms with Crippen molar-refractivity contribution in [2.45, 2.75) is 32.9 Å². The molecule has 1 amide bonds. The van der Waals surface area contributed by atoms with Crippen LogP contribution in [-0.2, 0) is 14.6 Å². The van der Waals surface area contributed by atoms with Crippen molar-refractivity contribution < 1.29 is 13.2 Å². The number of fused-ring (bicyclic) bond motifs is 1. The Kier molecular flexibility index (Phi) is 5.22. The fourth-order valence-electron chi connectivity index (χ4n) is 3.46. The van der Waals surface area contributed by atoms with Crippen LogP contribution < -0.4 is 0 Å². The summed E-state index contributed by atoms with van der Waals surface area (Å²) in [7, 11) is -3.75. The molecule has 160 valence electrons. The number of nitrogens with zero attached hydrogens (tertiary/aromatic N) is 4. The van der Waals surface area contributed by atoms with Gasteiger partial charge in [0, 0.05) is 17.1 Å². The van der Waals surface area contributed by atoms with E-state index in [1.54, 1.807) is 19.9 Å². The molecule has 2 aliphatic heterocycles. The number of amides is 1. The van der Waals surface area contributed by atoms with Crippen LogP contribution in [0.1, 0.15) is 30.8 Å². The molecule has 2 aromatic rings. The van der Waals surface area contributed by atoms with Gasteiger partial charge in [-0.15, -0.1) is 0 Å². The van der Waals surface area contributed by atoms with Gasteiger partial charge in [-0.3, -0.25) is 10.2 Å². The highest BCUT2D eigenvalue weighted by atomic mass is 32.2. The van der Waals surface area contributed by atoms with Crippen LogP contribution in [0.3, 0.4) is 0 Å². The molecule has 1 aromatic heterocycles. The maximum absolute atomic E-state index is 12.7. The van der Waals surface area contributed by atoms with Gasteiger partial charge in [-0.2, -0.15) is 9.39 Å². The van der Waals surface area contributed by atoms with E-state index in [1.807, 2.05) is 50.2 Å². The van der Waals surface area contributed by atoms with Gasteiger partial charge in [0.05, 0.1) is 22.8 Å². The summed E-state index contributed by atoms with van der Waals surface area (Å²) in [5.74, 6) is -0.834. The largest absolute Gasteiger partial charge is 0.318 e. The van der Waals surface area contributed by atoms with Crippen LogP contribution in [0.15, 0.2) is 51.4 Å². The average molecular weight is 456 g/mol. The van der Waals surface area contributed by atoms with Gasteiger partial charge >= 0.3 is 0 Å². The first kappa shape index (κ1) is 21.3. The molecular weight excluding hydrogens is 434 g/mol. The van der Waals surface area contributed by atoms with Crippen LogP contribution in [0, 0.1) is 19.3 Å². The third-order valence-corrected chi connectivity index (χ3v) is 7.99. The second-order valence-corrected chi connectivity index (χ2v) is 10.6. The Labute approximate surface area is 185 Å². The first-order chi connectivity index (χ1) is 14.6. The van der Waals surface area contributed by atoms with Crippen LogP contribution in [0.4, 0.5) is 0 Å². The number of carbonyl (C=O) groups is 1. The van der Waals surface area contributed by atoms with Crippen LogP contribution >= 0.6 is 11.9 Å². The monoisotopic (exact) mass is 455 g/mol. The molecule has 1 aromatic carbocycles. The molecule has 2 aliphatic rings. The number of aliphatic imine (C=N–C) groups is 1. The maximum Gasteiger partial charge on any atom is 0.283 e. The Hall–Kier alpha value is -2.98. The van der Waals surface area contributed by atoms with Gasteiger partial charge < -0.3 is 4.57 Å². The number of rotatable bonds is 3. The number of carbonyl (C=O) groups excluding carboxylic acids is 1. The third-order valence-electron chi connectivity index (χ3n) is 5.15. The number of aromatic nitrogens is 1. The summed E-state index contributed by atoms with van der Waals surface area (Å²) in [5.41, 5.74) is 3.62. The van der Waals surface area contributed by atoms with E-state index in [0.717, 1.165) is 39.5 Å². The number of aryl methyl sites for hydroxylation is 1. The molecule has 4 rings (SSSR count). The van der Waals surface area contributed by atoms with Crippen LogP contribution in [0.5, 0.6) is 0 Å². The molecule has 3 heterocycles. The molecule has 0 aliphatic carbocycles. The first-order valence-electron chi connectivity index (χ1n) is 9.60. The zero-order valence-electron chi connectivity index (χ0n) is 17.4. The molecule has 0 unspecified atom stereocenters. The van der Waals surface area contributed by atoms with E-state index in [9.17, 15) is 13.2 Å². The summed E-state index contributed by atoms with van der Waals surface area (Å²) in [5, 5.41) is 7.70. The number of nitrogens with one attached hydrogen (secondary N) is 1. The molecule has 31 heavy (non-hydrogen) atoms. The number of sulfone groups is 1. The minimum atomic E-state index is -3.75. The third kappa shape index (κ3) is 3.45. The van der Waals surface area contributed by atoms with Gasteiger partial charge in [-0.25, -0.2) is 13.3 Å². The SMILES string of the molecule is Cc1cc(/C=C2/C(=N)N3C(=NC2=O)SN=C3S(=O)(=O)C(C)C)c(C)n1-c1ccccc1. The topological polar surface area (TPSA) is 108 Å². The Morgan fingerprint density at radius 3 is 2.48 bits per heavy atom. The van der Waals surface area contributed by atoms with Gasteiger partial charge in [0.15, 0.2) is 0 Å². The standard InChI is InChI=1S/C21H21N5O3S2/c1-12(2)31(28,29)21-24-30-20-23-19(27)17(18(22)26(20)21)11-15-10-13(3)25(14(15)4)16-8-6-5-7-9-16/h5-12,22H,1-4H3/b17-11-,22-18?. The van der Waals surface area contributed by atoms with Crippen molar-refractivity contribution in [2.24, 2.45) is 9.39 Å². The zero-order chi connectivity index (χ0) is 22.5. The fourth-order valence-corrected chi connectivity index (χ4v) is 5.52. The highest BCUT2D eigenvalue weighted by Crippen LogP contribution is 2.32. The Balaban J connectivity index is 1.78. The molecule has 0 bridgehead atoms. The van der Waals surface area contributed by atoms with Crippen LogP contribution in [-0.4, -0.2) is 45.2 Å². The molecule has 1 N–H and O–H groups in total. The molecule has 8 nitrogen and oxygen atoms in total. The van der Waals surface area contributed by atoms with E-state index in [0.29, 0.717) is 0 Å². The van der Waals surface area contributed by atoms with Gasteiger partial charge in [0.2, 0.25) is 20.2 Å². The molecule has 0 atom stereocenters. The number of hydrogen-bond acceptors (Lipinski definition) is 6. The predicted octanol–water partition coefficient (Wildman–Crippen LogP) is 3.49. The number of benzene rings is 1. The van der Waals surface area contributed by atoms with Gasteiger partial charge in [-0.05, 0) is 57.5 Å². The second kappa shape index (κ2) is 7.61. The minimum absolute atomic E-state index is 0.0196. The smallest absolute Gasteiger partial charge is 0.283 e. The fraction of sp³-hybridized carbons (Fsp3) is 0.238. The summed E-state index contributed by atoms with van der Waals surface area (Å²) in [6.07, 6.45) is 1.59. The number of hydrogen-bond donors (Lipinski definition) is 1. The highest BCUT2D eigenvalue weighted by Gasteiger charge is 2.43. The van der Waals surface area contributed by atoms with E-state index in [1.165, 1.54) is 0 Å². The van der Waals surface area contributed by atoms with Crippen molar-refractivity contribution in [2.75, 3.05) is 0 Å². The molecule has 0 fully saturated rings. The first-order valence-corrected chi connectivity index (χ1v) is 11.9. The maximum atomic E-state index is 12.7. The number of amidine groups is 3. The van der Waals surface area contributed by atoms with Crippen molar-refractivity contribution in [3.8, 4) is 5.69 Å². The average Bonchev–Trinajstić information content (AvgIpc) is 3.26. The Morgan fingerprint density at radius 2 is 1.84 bits per heavy atom. The van der Waals surface area contributed by atoms with E-state index in [4.69, 9.17) is 5.41 Å². The predicted molar refractivity (Wildman–Crippen MR) is 124 cm³/mol. The van der Waals surface area contributed by atoms with E-state index < -0.39 is 21.0 Å². The van der Waals surface area contributed by atoms with Crippen LogP contribution in [0.25, 0.3) is 11.8 Å². The summed E-state index contributed by atoms with van der Waals surface area (Å²) >= 11 is 0.793. The van der Waals surface area contributed by atoms with Crippen molar-refractivity contribution in [3.05, 3.63) is 58.9 Å². The lowest BCUT2D eigenvalue weighted by atomic mass is 10.1. The van der Waals surface area contributed by atoms with Crippen molar-refractivity contribution >= 4 is 49.9 Å². The summed E-state index contributed by atoms with van der Waals surface area (Å²) in [6, 6.07) is 11.7. The van der Waals surface area contributed by atoms with Crippen molar-refractivity contribution in [1.82, 2.24) is 9.47 Å². The lowest BCUT2D eigenvalue weighted by Gasteiger charge is -2.25. The van der Waals surface area contributed by atoms with E-state index in [2.05, 4.69) is 14.0 Å². The van der Waals surface area contributed by atoms with Crippen molar-refractivity contribution in [3.63, 3.8) is 0 Å². The minimum Gasteiger partial charge on any atom is -0.318 e. The normalized spacial score (nSPS) is 18.0. The van der Waals surface area contributed by atoms with Crippen molar-refractivity contribution in [1.29, 1.82) is 5.41 Å².